The van der Waals surface area contributed by atoms with Gasteiger partial charge in [-0.15, -0.1) is 0 Å². The van der Waals surface area contributed by atoms with Gasteiger partial charge in [-0.3, -0.25) is 4.79 Å². The molecule has 1 heterocycles. The highest BCUT2D eigenvalue weighted by molar-refractivity contribution is 5.95. The normalized spacial score (nSPS) is 10.1. The Hall–Kier alpha value is -2.23. The molecule has 1 amide bonds. The Morgan fingerprint density at radius 2 is 1.94 bits per heavy atom. The summed E-state index contributed by atoms with van der Waals surface area (Å²) >= 11 is 0. The van der Waals surface area contributed by atoms with Gasteiger partial charge in [-0.1, -0.05) is 18.2 Å². The molecule has 0 aliphatic rings. The zero-order chi connectivity index (χ0) is 12.8. The van der Waals surface area contributed by atoms with Gasteiger partial charge in [0.2, 0.25) is 0 Å². The van der Waals surface area contributed by atoms with Gasteiger partial charge in [-0.25, -0.2) is 9.97 Å². The van der Waals surface area contributed by atoms with E-state index in [1.54, 1.807) is 12.4 Å². The quantitative estimate of drug-likeness (QED) is 0.887. The van der Waals surface area contributed by atoms with Gasteiger partial charge >= 0.3 is 0 Å². The second-order valence-corrected chi connectivity index (χ2v) is 4.07. The van der Waals surface area contributed by atoms with Crippen LogP contribution in [0.4, 0.5) is 0 Å². The second-order valence-electron chi connectivity index (χ2n) is 4.07. The summed E-state index contributed by atoms with van der Waals surface area (Å²) in [7, 11) is 0. The van der Waals surface area contributed by atoms with Crippen LogP contribution in [0.3, 0.4) is 0 Å². The first kappa shape index (κ1) is 12.2. The molecule has 0 spiro atoms. The van der Waals surface area contributed by atoms with E-state index < -0.39 is 0 Å². The number of hydrogen-bond donors (Lipinski definition) is 1. The number of nitrogens with one attached hydrogen (secondary N) is 1. The predicted molar refractivity (Wildman–Crippen MR) is 69.2 cm³/mol. The van der Waals surface area contributed by atoms with Crippen LogP contribution < -0.4 is 5.32 Å². The topological polar surface area (TPSA) is 54.9 Å². The van der Waals surface area contributed by atoms with E-state index in [0.717, 1.165) is 23.1 Å². The lowest BCUT2D eigenvalue weighted by Crippen LogP contribution is -2.26. The first-order valence-electron chi connectivity index (χ1n) is 5.85. The van der Waals surface area contributed by atoms with Crippen LogP contribution in [0.25, 0.3) is 0 Å². The average Bonchev–Trinajstić information content (AvgIpc) is 2.40. The molecule has 1 aromatic carbocycles. The number of carbonyl (C=O) groups is 1. The fourth-order valence-electron chi connectivity index (χ4n) is 1.70. The SMILES string of the molecule is Cc1ccccc1C(=O)NCCc1cncnc1. The minimum atomic E-state index is -0.0371. The fraction of sp³-hybridized carbons (Fsp3) is 0.214. The van der Waals surface area contributed by atoms with Crippen molar-refractivity contribution in [1.82, 2.24) is 15.3 Å². The number of rotatable bonds is 4. The largest absolute Gasteiger partial charge is 0.352 e. The van der Waals surface area contributed by atoms with Gasteiger partial charge in [-0.2, -0.15) is 0 Å². The zero-order valence-electron chi connectivity index (χ0n) is 10.3. The van der Waals surface area contributed by atoms with Crippen LogP contribution in [0.5, 0.6) is 0 Å². The molecule has 92 valence electrons. The minimum absolute atomic E-state index is 0.0371. The van der Waals surface area contributed by atoms with Crippen molar-refractivity contribution in [2.75, 3.05) is 6.54 Å². The molecule has 1 N–H and O–H groups in total. The molecule has 0 aliphatic heterocycles. The number of carbonyl (C=O) groups excluding carboxylic acids is 1. The Kier molecular flexibility index (Phi) is 4.02. The Labute approximate surface area is 106 Å². The second kappa shape index (κ2) is 5.91. The Bertz CT molecular complexity index is 526. The first-order valence-corrected chi connectivity index (χ1v) is 5.85. The summed E-state index contributed by atoms with van der Waals surface area (Å²) in [4.78, 5) is 19.8. The van der Waals surface area contributed by atoms with Crippen molar-refractivity contribution in [3.8, 4) is 0 Å². The minimum Gasteiger partial charge on any atom is -0.352 e. The van der Waals surface area contributed by atoms with E-state index in [1.165, 1.54) is 6.33 Å². The molecular formula is C14H15N3O. The lowest BCUT2D eigenvalue weighted by Gasteiger charge is -2.07. The van der Waals surface area contributed by atoms with Crippen molar-refractivity contribution in [3.63, 3.8) is 0 Å². The molecule has 4 nitrogen and oxygen atoms in total. The third-order valence-corrected chi connectivity index (χ3v) is 2.70. The molecule has 2 rings (SSSR count). The van der Waals surface area contributed by atoms with Crippen LogP contribution >= 0.6 is 0 Å². The molecule has 0 bridgehead atoms. The molecule has 0 saturated heterocycles. The van der Waals surface area contributed by atoms with Gasteiger partial charge in [0.15, 0.2) is 0 Å². The van der Waals surface area contributed by atoms with Crippen LogP contribution in [-0.2, 0) is 6.42 Å². The maximum absolute atomic E-state index is 11.9. The van der Waals surface area contributed by atoms with Gasteiger partial charge in [0, 0.05) is 24.5 Å². The van der Waals surface area contributed by atoms with Gasteiger partial charge in [0.05, 0.1) is 0 Å². The van der Waals surface area contributed by atoms with E-state index in [4.69, 9.17) is 0 Å². The van der Waals surface area contributed by atoms with Crippen LogP contribution in [0.15, 0.2) is 43.0 Å². The molecule has 2 aromatic rings. The van der Waals surface area contributed by atoms with E-state index in [9.17, 15) is 4.79 Å². The van der Waals surface area contributed by atoms with E-state index in [2.05, 4.69) is 15.3 Å². The van der Waals surface area contributed by atoms with Crippen LogP contribution in [0.2, 0.25) is 0 Å². The van der Waals surface area contributed by atoms with E-state index in [1.807, 2.05) is 31.2 Å². The Morgan fingerprint density at radius 3 is 2.67 bits per heavy atom. The van der Waals surface area contributed by atoms with Gasteiger partial charge < -0.3 is 5.32 Å². The van der Waals surface area contributed by atoms with Crippen molar-refractivity contribution in [1.29, 1.82) is 0 Å². The summed E-state index contributed by atoms with van der Waals surface area (Å²) in [6.45, 7) is 2.51. The summed E-state index contributed by atoms with van der Waals surface area (Å²) in [6.07, 6.45) is 5.74. The van der Waals surface area contributed by atoms with Crippen LogP contribution in [0.1, 0.15) is 21.5 Å². The lowest BCUT2D eigenvalue weighted by atomic mass is 10.1. The molecule has 0 fully saturated rings. The van der Waals surface area contributed by atoms with E-state index in [-0.39, 0.29) is 5.91 Å². The van der Waals surface area contributed by atoms with E-state index >= 15 is 0 Å². The number of aromatic nitrogens is 2. The smallest absolute Gasteiger partial charge is 0.251 e. The number of nitrogens with zero attached hydrogens (tertiary/aromatic N) is 2. The highest BCUT2D eigenvalue weighted by Crippen LogP contribution is 2.06. The summed E-state index contributed by atoms with van der Waals surface area (Å²) in [5.74, 6) is -0.0371. The summed E-state index contributed by atoms with van der Waals surface area (Å²) in [5, 5.41) is 2.89. The van der Waals surface area contributed by atoms with Crippen molar-refractivity contribution >= 4 is 5.91 Å². The predicted octanol–water partition coefficient (Wildman–Crippen LogP) is 1.76. The Balaban J connectivity index is 1.88. The van der Waals surface area contributed by atoms with E-state index in [0.29, 0.717) is 6.54 Å². The highest BCUT2D eigenvalue weighted by Gasteiger charge is 2.06. The Morgan fingerprint density at radius 1 is 1.22 bits per heavy atom. The number of hydrogen-bond acceptors (Lipinski definition) is 3. The average molecular weight is 241 g/mol. The van der Waals surface area contributed by atoms with Gasteiger partial charge in [-0.05, 0) is 30.5 Å². The third kappa shape index (κ3) is 3.13. The highest BCUT2D eigenvalue weighted by atomic mass is 16.1. The number of amides is 1. The fourth-order valence-corrected chi connectivity index (χ4v) is 1.70. The molecule has 4 heteroatoms. The molecule has 0 aliphatic carbocycles. The van der Waals surface area contributed by atoms with Crippen LogP contribution in [-0.4, -0.2) is 22.4 Å². The van der Waals surface area contributed by atoms with Gasteiger partial charge in [0.1, 0.15) is 6.33 Å². The molecule has 0 atom stereocenters. The van der Waals surface area contributed by atoms with Crippen molar-refractivity contribution in [2.24, 2.45) is 0 Å². The molecule has 1 aromatic heterocycles. The lowest BCUT2D eigenvalue weighted by molar-refractivity contribution is 0.0953. The van der Waals surface area contributed by atoms with Crippen molar-refractivity contribution in [3.05, 3.63) is 59.7 Å². The van der Waals surface area contributed by atoms with Crippen molar-refractivity contribution in [2.45, 2.75) is 13.3 Å². The molecule has 0 radical (unpaired) electrons. The number of aryl methyl sites for hydroxylation is 1. The number of benzene rings is 1. The maximum atomic E-state index is 11.9. The summed E-state index contributed by atoms with van der Waals surface area (Å²) in [5.41, 5.74) is 2.72. The molecular weight excluding hydrogens is 226 g/mol. The maximum Gasteiger partial charge on any atom is 0.251 e. The first-order chi connectivity index (χ1) is 8.77. The zero-order valence-corrected chi connectivity index (χ0v) is 10.3. The standard InChI is InChI=1S/C14H15N3O/c1-11-4-2-3-5-13(11)14(18)17-7-6-12-8-15-10-16-9-12/h2-5,8-10H,6-7H2,1H3,(H,17,18). The summed E-state index contributed by atoms with van der Waals surface area (Å²) < 4.78 is 0. The van der Waals surface area contributed by atoms with Crippen LogP contribution in [0, 0.1) is 6.92 Å². The molecule has 0 unspecified atom stereocenters. The monoisotopic (exact) mass is 241 g/mol. The third-order valence-electron chi connectivity index (χ3n) is 2.70. The summed E-state index contributed by atoms with van der Waals surface area (Å²) in [6, 6.07) is 7.55. The van der Waals surface area contributed by atoms with Gasteiger partial charge in [0.25, 0.3) is 5.91 Å². The molecule has 18 heavy (non-hydrogen) atoms. The molecule has 0 saturated carbocycles. The van der Waals surface area contributed by atoms with Crippen molar-refractivity contribution < 1.29 is 4.79 Å².